The van der Waals surface area contributed by atoms with E-state index in [0.717, 1.165) is 70.0 Å². The summed E-state index contributed by atoms with van der Waals surface area (Å²) < 4.78 is 11.5. The molecular weight excluding hydrogens is 437 g/mol. The molecule has 1 aromatic carbocycles. The molecule has 35 heavy (non-hydrogen) atoms. The van der Waals surface area contributed by atoms with Crippen molar-refractivity contribution in [3.8, 4) is 23.0 Å². The number of anilines is 1. The highest BCUT2D eigenvalue weighted by molar-refractivity contribution is 6.72. The van der Waals surface area contributed by atoms with Crippen molar-refractivity contribution in [2.24, 2.45) is 0 Å². The summed E-state index contributed by atoms with van der Waals surface area (Å²) in [6.07, 6.45) is 3.40. The van der Waals surface area contributed by atoms with Gasteiger partial charge in [-0.3, -0.25) is 0 Å². The number of hydrogen-bond donors (Lipinski definition) is 0. The highest BCUT2D eigenvalue weighted by Crippen LogP contribution is 2.58. The predicted octanol–water partition coefficient (Wildman–Crippen LogP) is 5.76. The van der Waals surface area contributed by atoms with Crippen molar-refractivity contribution >= 4 is 34.7 Å². The smallest absolute Gasteiger partial charge is 0.278 e. The van der Waals surface area contributed by atoms with Crippen molar-refractivity contribution in [3.63, 3.8) is 0 Å². The minimum atomic E-state index is 0.140. The Morgan fingerprint density at radius 2 is 1.91 bits per heavy atom. The highest BCUT2D eigenvalue weighted by Gasteiger charge is 2.52. The molecule has 8 heteroatoms. The molecule has 1 saturated carbocycles. The average molecular weight is 465 g/mol. The highest BCUT2D eigenvalue weighted by atomic mass is 16.5. The summed E-state index contributed by atoms with van der Waals surface area (Å²) in [6.45, 7) is 8.07. The second-order valence-corrected chi connectivity index (χ2v) is 10.3. The van der Waals surface area contributed by atoms with E-state index in [-0.39, 0.29) is 12.0 Å². The van der Waals surface area contributed by atoms with Gasteiger partial charge in [-0.15, -0.1) is 0 Å². The molecule has 4 heterocycles. The molecule has 6 rings (SSSR count). The van der Waals surface area contributed by atoms with Gasteiger partial charge in [-0.05, 0) is 54.8 Å². The molecule has 0 spiro atoms. The van der Waals surface area contributed by atoms with Crippen molar-refractivity contribution in [1.29, 1.82) is 5.26 Å². The van der Waals surface area contributed by atoms with Crippen LogP contribution < -0.4 is 9.64 Å². The van der Waals surface area contributed by atoms with Crippen molar-refractivity contribution in [1.82, 2.24) is 15.0 Å². The summed E-state index contributed by atoms with van der Waals surface area (Å²) in [5.41, 5.74) is 5.84. The lowest BCUT2D eigenvalue weighted by Crippen LogP contribution is -2.28. The Hall–Kier alpha value is -3.60. The molecule has 0 amide bonds. The Kier molecular flexibility index (Phi) is 4.99. The first-order valence-electron chi connectivity index (χ1n) is 12.3. The van der Waals surface area contributed by atoms with Gasteiger partial charge in [0.25, 0.3) is 6.71 Å². The van der Waals surface area contributed by atoms with Crippen molar-refractivity contribution < 1.29 is 9.15 Å². The normalized spacial score (nSPS) is 18.7. The van der Waals surface area contributed by atoms with E-state index in [1.807, 2.05) is 44.2 Å². The quantitative estimate of drug-likeness (QED) is 0.347. The number of aromatic nitrogens is 3. The van der Waals surface area contributed by atoms with Crippen molar-refractivity contribution in [2.45, 2.75) is 51.2 Å². The first kappa shape index (κ1) is 21.9. The van der Waals surface area contributed by atoms with E-state index in [9.17, 15) is 5.26 Å². The van der Waals surface area contributed by atoms with Crippen LogP contribution in [0.3, 0.4) is 0 Å². The third kappa shape index (κ3) is 3.61. The average Bonchev–Trinajstić information content (AvgIpc) is 3.24. The van der Waals surface area contributed by atoms with Crippen LogP contribution in [0.4, 0.5) is 5.82 Å². The Morgan fingerprint density at radius 3 is 2.66 bits per heavy atom. The molecule has 1 unspecified atom stereocenters. The predicted molar refractivity (Wildman–Crippen MR) is 138 cm³/mol. The van der Waals surface area contributed by atoms with Crippen LogP contribution in [0, 0.1) is 25.1 Å². The lowest BCUT2D eigenvalue weighted by Gasteiger charge is -2.21. The fourth-order valence-electron chi connectivity index (χ4n) is 5.70. The molecule has 7 nitrogen and oxygen atoms in total. The van der Waals surface area contributed by atoms with Gasteiger partial charge in [-0.1, -0.05) is 19.8 Å². The molecule has 0 bridgehead atoms. The maximum atomic E-state index is 9.78. The SMILES string of the molecule is COc1c(-c2ccc3nc(N4CCC(B(C#N)C5(C)CC5)C4)ccc3n2)cc2oc(C)nc2c1C. The van der Waals surface area contributed by atoms with Crippen LogP contribution >= 0.6 is 0 Å². The van der Waals surface area contributed by atoms with E-state index in [2.05, 4.69) is 22.8 Å². The minimum absolute atomic E-state index is 0.140. The molecule has 1 aliphatic heterocycles. The maximum Gasteiger partial charge on any atom is 0.278 e. The molecule has 0 radical (unpaired) electrons. The van der Waals surface area contributed by atoms with Gasteiger partial charge in [0.15, 0.2) is 11.5 Å². The van der Waals surface area contributed by atoms with Gasteiger partial charge in [0.2, 0.25) is 0 Å². The largest absolute Gasteiger partial charge is 0.496 e. The third-order valence-corrected chi connectivity index (χ3v) is 7.93. The lowest BCUT2D eigenvalue weighted by atomic mass is 9.33. The first-order chi connectivity index (χ1) is 16.9. The molecule has 3 aromatic heterocycles. The van der Waals surface area contributed by atoms with Gasteiger partial charge in [-0.25, -0.2) is 20.2 Å². The number of benzene rings is 1. The minimum Gasteiger partial charge on any atom is -0.496 e. The number of nitriles is 1. The van der Waals surface area contributed by atoms with E-state index in [1.54, 1.807) is 7.11 Å². The number of ether oxygens (including phenoxy) is 1. The number of nitrogens with zero attached hydrogens (tertiary/aromatic N) is 5. The summed E-state index contributed by atoms with van der Waals surface area (Å²) in [6, 6.07) is 10.0. The van der Waals surface area contributed by atoms with E-state index in [4.69, 9.17) is 19.1 Å². The monoisotopic (exact) mass is 465 g/mol. The van der Waals surface area contributed by atoms with E-state index in [1.165, 1.54) is 12.8 Å². The summed E-state index contributed by atoms with van der Waals surface area (Å²) in [5.74, 6) is 5.37. The van der Waals surface area contributed by atoms with Gasteiger partial charge < -0.3 is 14.1 Å². The molecular formula is C27H28BN5O2. The summed E-state index contributed by atoms with van der Waals surface area (Å²) in [7, 11) is 1.67. The maximum absolute atomic E-state index is 9.78. The third-order valence-electron chi connectivity index (χ3n) is 7.93. The fourth-order valence-corrected chi connectivity index (χ4v) is 5.70. The van der Waals surface area contributed by atoms with Gasteiger partial charge >= 0.3 is 0 Å². The Bertz CT molecular complexity index is 1500. The summed E-state index contributed by atoms with van der Waals surface area (Å²) >= 11 is 0. The zero-order chi connectivity index (χ0) is 24.3. The van der Waals surface area contributed by atoms with Gasteiger partial charge in [0.05, 0.1) is 23.8 Å². The van der Waals surface area contributed by atoms with Crippen LogP contribution in [-0.2, 0) is 0 Å². The number of methoxy groups -OCH3 is 1. The van der Waals surface area contributed by atoms with E-state index in [0.29, 0.717) is 11.7 Å². The molecule has 1 saturated heterocycles. The molecule has 0 N–H and O–H groups in total. The number of aryl methyl sites for hydroxylation is 2. The first-order valence-corrected chi connectivity index (χ1v) is 12.3. The van der Waals surface area contributed by atoms with Gasteiger partial charge in [0.1, 0.15) is 17.1 Å². The van der Waals surface area contributed by atoms with Crippen molar-refractivity contribution in [2.75, 3.05) is 25.1 Å². The number of pyridine rings is 2. The lowest BCUT2D eigenvalue weighted by molar-refractivity contribution is 0.414. The van der Waals surface area contributed by atoms with E-state index >= 15 is 0 Å². The Labute approximate surface area is 205 Å². The number of oxazole rings is 1. The van der Waals surface area contributed by atoms with E-state index < -0.39 is 0 Å². The molecule has 1 aliphatic carbocycles. The number of hydrogen-bond acceptors (Lipinski definition) is 7. The summed E-state index contributed by atoms with van der Waals surface area (Å²) in [4.78, 5) is 16.6. The zero-order valence-electron chi connectivity index (χ0n) is 20.6. The number of rotatable bonds is 5. The zero-order valence-corrected chi connectivity index (χ0v) is 20.6. The molecule has 2 aliphatic rings. The van der Waals surface area contributed by atoms with Crippen molar-refractivity contribution in [3.05, 3.63) is 41.8 Å². The van der Waals surface area contributed by atoms with Crippen LogP contribution in [0.2, 0.25) is 11.1 Å². The van der Waals surface area contributed by atoms with Crippen LogP contribution in [-0.4, -0.2) is 41.9 Å². The van der Waals surface area contributed by atoms with Crippen LogP contribution in [0.15, 0.2) is 34.7 Å². The Balaban J connectivity index is 1.31. The number of fused-ring (bicyclic) bond motifs is 2. The second-order valence-electron chi connectivity index (χ2n) is 10.3. The van der Waals surface area contributed by atoms with Gasteiger partial charge in [0, 0.05) is 37.1 Å². The molecule has 1 atom stereocenters. The van der Waals surface area contributed by atoms with Crippen LogP contribution in [0.1, 0.15) is 37.6 Å². The standard InChI is InChI=1S/C27H28BN5O2/c1-16-25-23(35-17(2)30-25)13-19(26(16)34-4)20-5-6-22-21(31-20)7-8-24(32-22)33-12-9-18(14-33)28(15-29)27(3)10-11-27/h5-8,13,18H,9-12,14H2,1-4H3. The van der Waals surface area contributed by atoms with Gasteiger partial charge in [-0.2, -0.15) is 0 Å². The molecule has 176 valence electrons. The second kappa shape index (κ2) is 7.98. The molecule has 2 fully saturated rings. The fraction of sp³-hybridized carbons (Fsp3) is 0.407. The Morgan fingerprint density at radius 1 is 1.14 bits per heavy atom. The topological polar surface area (TPSA) is 88.1 Å². The molecule has 4 aromatic rings. The summed E-state index contributed by atoms with van der Waals surface area (Å²) in [5, 5.41) is 10.0. The van der Waals surface area contributed by atoms with Crippen LogP contribution in [0.25, 0.3) is 33.4 Å². The van der Waals surface area contributed by atoms with Crippen LogP contribution in [0.5, 0.6) is 5.75 Å².